The number of furan rings is 1. The van der Waals surface area contributed by atoms with Crippen LogP contribution < -0.4 is 5.32 Å². The van der Waals surface area contributed by atoms with Crippen molar-refractivity contribution in [2.75, 3.05) is 0 Å². The number of amidine groups is 2. The summed E-state index contributed by atoms with van der Waals surface area (Å²) in [6.07, 6.45) is 6.28. The number of fused-ring (bicyclic) bond motifs is 9. The molecule has 1 atom stereocenters. The predicted molar refractivity (Wildman–Crippen MR) is 238 cm³/mol. The predicted octanol–water partition coefficient (Wildman–Crippen LogP) is 13.0. The maximum atomic E-state index is 7.11. The van der Waals surface area contributed by atoms with E-state index in [4.69, 9.17) is 14.4 Å². The number of hydrogen-bond acceptors (Lipinski definition) is 5. The zero-order valence-electron chi connectivity index (χ0n) is 30.8. The number of nitrogens with one attached hydrogen (secondary N) is 1. The maximum Gasteiger partial charge on any atom is 0.159 e. The largest absolute Gasteiger partial charge is 0.453 e. The summed E-state index contributed by atoms with van der Waals surface area (Å²) in [6.45, 7) is 0. The molecule has 3 aromatic heterocycles. The summed E-state index contributed by atoms with van der Waals surface area (Å²) in [7, 11) is 0. The molecular weight excluding hydrogens is 717 g/mol. The van der Waals surface area contributed by atoms with Crippen LogP contribution in [0.25, 0.3) is 75.9 Å². The Labute approximate surface area is 332 Å². The van der Waals surface area contributed by atoms with Gasteiger partial charge in [-0.05, 0) is 31.0 Å². The third-order valence-electron chi connectivity index (χ3n) is 11.6. The number of nitrogens with zero attached hydrogens (tertiary/aromatic N) is 3. The molecule has 0 bridgehead atoms. The molecule has 0 fully saturated rings. The van der Waals surface area contributed by atoms with Crippen LogP contribution in [0.2, 0.25) is 0 Å². The summed E-state index contributed by atoms with van der Waals surface area (Å²) >= 11 is 1.83. The van der Waals surface area contributed by atoms with E-state index in [1.807, 2.05) is 47.7 Å². The molecule has 4 heterocycles. The van der Waals surface area contributed by atoms with Gasteiger partial charge in [0.2, 0.25) is 0 Å². The fourth-order valence-corrected chi connectivity index (χ4v) is 10.3. The van der Waals surface area contributed by atoms with Crippen LogP contribution in [0.4, 0.5) is 0 Å². The molecule has 5 nitrogen and oxygen atoms in total. The highest BCUT2D eigenvalue weighted by Gasteiger charge is 2.26. The normalized spacial score (nSPS) is 15.3. The molecule has 0 amide bonds. The number of rotatable bonds is 5. The molecule has 1 aliphatic heterocycles. The lowest BCUT2D eigenvalue weighted by Crippen LogP contribution is -2.33. The van der Waals surface area contributed by atoms with Crippen molar-refractivity contribution in [1.29, 1.82) is 0 Å². The van der Waals surface area contributed by atoms with Crippen molar-refractivity contribution >= 4 is 82.1 Å². The third-order valence-corrected chi connectivity index (χ3v) is 12.8. The smallest absolute Gasteiger partial charge is 0.159 e. The second-order valence-electron chi connectivity index (χ2n) is 14.8. The molecule has 2 aliphatic rings. The van der Waals surface area contributed by atoms with Gasteiger partial charge in [-0.2, -0.15) is 0 Å². The van der Waals surface area contributed by atoms with E-state index in [2.05, 4.69) is 143 Å². The average molecular weight is 751 g/mol. The van der Waals surface area contributed by atoms with Gasteiger partial charge in [-0.15, -0.1) is 11.3 Å². The van der Waals surface area contributed by atoms with Crippen LogP contribution in [0.15, 0.2) is 178 Å². The van der Waals surface area contributed by atoms with E-state index in [1.54, 1.807) is 0 Å². The minimum Gasteiger partial charge on any atom is -0.453 e. The lowest BCUT2D eigenvalue weighted by Gasteiger charge is -2.24. The fraction of sp³-hybridized carbons (Fsp3) is 0.0588. The summed E-state index contributed by atoms with van der Waals surface area (Å²) in [6, 6.07) is 55.8. The van der Waals surface area contributed by atoms with Crippen molar-refractivity contribution in [3.8, 4) is 16.8 Å². The van der Waals surface area contributed by atoms with Gasteiger partial charge in [0.15, 0.2) is 11.4 Å². The van der Waals surface area contributed by atoms with E-state index < -0.39 is 0 Å². The van der Waals surface area contributed by atoms with Crippen LogP contribution in [0.1, 0.15) is 40.5 Å². The molecule has 1 aliphatic carbocycles. The Balaban J connectivity index is 1.03. The monoisotopic (exact) mass is 750 g/mol. The summed E-state index contributed by atoms with van der Waals surface area (Å²) in [5, 5.41) is 9.65. The van der Waals surface area contributed by atoms with Crippen LogP contribution >= 0.6 is 11.3 Å². The lowest BCUT2D eigenvalue weighted by atomic mass is 9.98. The van der Waals surface area contributed by atoms with E-state index in [0.29, 0.717) is 0 Å². The second kappa shape index (κ2) is 12.8. The number of aromatic nitrogens is 1. The lowest BCUT2D eigenvalue weighted by molar-refractivity contribution is 0.666. The van der Waals surface area contributed by atoms with Gasteiger partial charge in [-0.3, -0.25) is 0 Å². The number of hydrogen-bond donors (Lipinski definition) is 1. The first-order valence-electron chi connectivity index (χ1n) is 19.5. The number of thiophene rings is 1. The van der Waals surface area contributed by atoms with Gasteiger partial charge in [-0.1, -0.05) is 152 Å². The molecule has 12 rings (SSSR count). The first kappa shape index (κ1) is 32.2. The van der Waals surface area contributed by atoms with Crippen LogP contribution in [-0.4, -0.2) is 16.2 Å². The van der Waals surface area contributed by atoms with Gasteiger partial charge >= 0.3 is 0 Å². The minimum absolute atomic E-state index is 0.332. The molecule has 57 heavy (non-hydrogen) atoms. The van der Waals surface area contributed by atoms with E-state index in [-0.39, 0.29) is 6.17 Å². The van der Waals surface area contributed by atoms with E-state index in [0.717, 1.165) is 80.0 Å². The molecule has 0 saturated carbocycles. The van der Waals surface area contributed by atoms with Crippen molar-refractivity contribution in [2.24, 2.45) is 9.98 Å². The minimum atomic E-state index is -0.332. The van der Waals surface area contributed by atoms with Gasteiger partial charge in [-0.25, -0.2) is 9.98 Å². The quantitative estimate of drug-likeness (QED) is 0.190. The zero-order valence-corrected chi connectivity index (χ0v) is 31.6. The molecule has 0 saturated heterocycles. The Morgan fingerprint density at radius 2 is 1.33 bits per heavy atom. The Bertz CT molecular complexity index is 3330. The first-order chi connectivity index (χ1) is 28.3. The van der Waals surface area contributed by atoms with Crippen LogP contribution in [-0.2, 0) is 6.42 Å². The Morgan fingerprint density at radius 1 is 0.632 bits per heavy atom. The maximum absolute atomic E-state index is 7.11. The molecule has 7 aromatic carbocycles. The van der Waals surface area contributed by atoms with Crippen molar-refractivity contribution < 1.29 is 4.42 Å². The number of aliphatic imine (C=N–C) groups is 2. The molecule has 0 spiro atoms. The number of para-hydroxylation sites is 3. The molecule has 1 N–H and O–H groups in total. The van der Waals surface area contributed by atoms with Gasteiger partial charge in [0.25, 0.3) is 0 Å². The fourth-order valence-electron chi connectivity index (χ4n) is 9.02. The van der Waals surface area contributed by atoms with Gasteiger partial charge in [0.1, 0.15) is 17.6 Å². The molecular formula is C51H34N4OS. The summed E-state index contributed by atoms with van der Waals surface area (Å²) in [5.74, 6) is 1.53. The van der Waals surface area contributed by atoms with E-state index in [9.17, 15) is 0 Å². The van der Waals surface area contributed by atoms with Gasteiger partial charge in [0, 0.05) is 75.4 Å². The van der Waals surface area contributed by atoms with Crippen molar-refractivity contribution in [2.45, 2.75) is 19.0 Å². The summed E-state index contributed by atoms with van der Waals surface area (Å²) < 4.78 is 12.0. The Morgan fingerprint density at radius 3 is 2.19 bits per heavy atom. The molecule has 1 unspecified atom stereocenters. The van der Waals surface area contributed by atoms with Gasteiger partial charge in [0.05, 0.1) is 11.2 Å². The van der Waals surface area contributed by atoms with Crippen molar-refractivity contribution in [3.05, 3.63) is 192 Å². The van der Waals surface area contributed by atoms with Crippen molar-refractivity contribution in [3.63, 3.8) is 0 Å². The van der Waals surface area contributed by atoms with Crippen LogP contribution in [0, 0.1) is 0 Å². The standard InChI is InChI=1S/C51H34N4OS/c1-3-15-31(16-4-1)49-52-50(32-17-5-2-6-18-32)54-51(53-49)40-26-14-30-44-45(40)39-25-12-24-38(48(39)57-44)37-22-11-21-35-36-23-13-29-43(47(36)56-46(35)37)55-41-27-9-7-19-33(41)34-20-8-10-28-42(34)55/h1-9,11-27,29-30,51H,10,28H2,(H,52,53,54). The third kappa shape index (κ3) is 5.00. The Kier molecular flexibility index (Phi) is 7.22. The molecule has 10 aromatic rings. The number of benzene rings is 7. The van der Waals surface area contributed by atoms with E-state index in [1.165, 1.54) is 42.3 Å². The SMILES string of the molecule is C1=Cc2c(n(-c3cccc4c3oc3c(-c5cccc6c5sc5cccc(C7N=C(c8ccccc8)N=C(c8ccccc8)N7)c56)cccc34)c3ccccc23)CC1. The van der Waals surface area contributed by atoms with E-state index >= 15 is 0 Å². The van der Waals surface area contributed by atoms with Gasteiger partial charge < -0.3 is 14.3 Å². The zero-order chi connectivity index (χ0) is 37.5. The highest BCUT2D eigenvalue weighted by atomic mass is 32.1. The second-order valence-corrected chi connectivity index (χ2v) is 15.8. The molecule has 6 heteroatoms. The molecule has 270 valence electrons. The average Bonchev–Trinajstić information content (AvgIpc) is 3.97. The first-order valence-corrected chi connectivity index (χ1v) is 20.3. The Hall–Kier alpha value is -7.02. The summed E-state index contributed by atoms with van der Waals surface area (Å²) in [4.78, 5) is 10.3. The van der Waals surface area contributed by atoms with Crippen molar-refractivity contribution in [1.82, 2.24) is 9.88 Å². The highest BCUT2D eigenvalue weighted by molar-refractivity contribution is 7.26. The molecule has 0 radical (unpaired) electrons. The summed E-state index contributed by atoms with van der Waals surface area (Å²) in [5.41, 5.74) is 12.2. The topological polar surface area (TPSA) is 54.8 Å². The van der Waals surface area contributed by atoms with Crippen LogP contribution in [0.3, 0.4) is 0 Å². The highest BCUT2D eigenvalue weighted by Crippen LogP contribution is 2.46. The van der Waals surface area contributed by atoms with Crippen LogP contribution in [0.5, 0.6) is 0 Å². The number of allylic oxidation sites excluding steroid dienone is 1.